The molecule has 1 fully saturated rings. The van der Waals surface area contributed by atoms with Gasteiger partial charge in [0.25, 0.3) is 5.91 Å². The Bertz CT molecular complexity index is 582. The topological polar surface area (TPSA) is 84.2 Å². The Morgan fingerprint density at radius 2 is 1.92 bits per heavy atom. The first kappa shape index (κ1) is 18.5. The van der Waals surface area contributed by atoms with Crippen molar-refractivity contribution in [2.75, 3.05) is 6.54 Å². The van der Waals surface area contributed by atoms with Gasteiger partial charge in [0.05, 0.1) is 0 Å². The predicted octanol–water partition coefficient (Wildman–Crippen LogP) is 1.99. The van der Waals surface area contributed by atoms with Gasteiger partial charge in [-0.1, -0.05) is 32.0 Å². The van der Waals surface area contributed by atoms with Crippen LogP contribution < -0.4 is 16.4 Å². The molecule has 2 atom stereocenters. The van der Waals surface area contributed by atoms with Crippen LogP contribution in [0, 0.1) is 18.8 Å². The molecule has 1 aromatic rings. The summed E-state index contributed by atoms with van der Waals surface area (Å²) in [6.45, 7) is 6.44. The van der Waals surface area contributed by atoms with Gasteiger partial charge < -0.3 is 16.4 Å². The smallest absolute Gasteiger partial charge is 0.252 e. The van der Waals surface area contributed by atoms with Crippen molar-refractivity contribution in [1.29, 1.82) is 0 Å². The van der Waals surface area contributed by atoms with E-state index in [1.165, 1.54) is 0 Å². The van der Waals surface area contributed by atoms with E-state index < -0.39 is 6.04 Å². The van der Waals surface area contributed by atoms with E-state index in [0.717, 1.165) is 18.4 Å². The maximum absolute atomic E-state index is 12.5. The standard InChI is InChI=1S/C19H29N3O2/c1-12(2)10-17(19(24)21-11-16(20)14-8-9-14)22-18(23)15-7-5-4-6-13(15)3/h4-7,12,14,16-17H,8-11,20H2,1-3H3,(H,21,24)(H,22,23). The summed E-state index contributed by atoms with van der Waals surface area (Å²) in [5.41, 5.74) is 7.54. The zero-order valence-electron chi connectivity index (χ0n) is 14.8. The molecule has 0 bridgehead atoms. The van der Waals surface area contributed by atoms with Crippen LogP contribution in [0.5, 0.6) is 0 Å². The third-order valence-electron chi connectivity index (χ3n) is 4.46. The lowest BCUT2D eigenvalue weighted by Gasteiger charge is -2.22. The molecule has 132 valence electrons. The van der Waals surface area contributed by atoms with Gasteiger partial charge in [-0.3, -0.25) is 9.59 Å². The van der Waals surface area contributed by atoms with Gasteiger partial charge in [0.1, 0.15) is 6.04 Å². The van der Waals surface area contributed by atoms with Gasteiger partial charge in [-0.25, -0.2) is 0 Å². The highest BCUT2D eigenvalue weighted by Crippen LogP contribution is 2.31. The predicted molar refractivity (Wildman–Crippen MR) is 95.6 cm³/mol. The van der Waals surface area contributed by atoms with Crippen LogP contribution in [0.1, 0.15) is 49.0 Å². The molecule has 0 aliphatic heterocycles. The van der Waals surface area contributed by atoms with E-state index in [2.05, 4.69) is 10.6 Å². The van der Waals surface area contributed by atoms with Crippen LogP contribution in [0.25, 0.3) is 0 Å². The quantitative estimate of drug-likeness (QED) is 0.681. The first-order chi connectivity index (χ1) is 11.4. The summed E-state index contributed by atoms with van der Waals surface area (Å²) < 4.78 is 0. The van der Waals surface area contributed by atoms with Crippen molar-refractivity contribution in [2.45, 2.75) is 52.1 Å². The van der Waals surface area contributed by atoms with E-state index in [1.807, 2.05) is 39.0 Å². The SMILES string of the molecule is Cc1ccccc1C(=O)NC(CC(C)C)C(=O)NCC(N)C1CC1. The van der Waals surface area contributed by atoms with Crippen molar-refractivity contribution in [2.24, 2.45) is 17.6 Å². The molecule has 0 aromatic heterocycles. The summed E-state index contributed by atoms with van der Waals surface area (Å²) in [6.07, 6.45) is 2.90. The van der Waals surface area contributed by atoms with Gasteiger partial charge in [0.15, 0.2) is 0 Å². The summed E-state index contributed by atoms with van der Waals surface area (Å²) in [6, 6.07) is 6.86. The number of rotatable bonds is 8. The monoisotopic (exact) mass is 331 g/mol. The van der Waals surface area contributed by atoms with Crippen LogP contribution in [-0.2, 0) is 4.79 Å². The molecule has 2 unspecified atom stereocenters. The lowest BCUT2D eigenvalue weighted by atomic mass is 10.0. The highest BCUT2D eigenvalue weighted by Gasteiger charge is 2.29. The van der Waals surface area contributed by atoms with Crippen LogP contribution in [0.15, 0.2) is 24.3 Å². The van der Waals surface area contributed by atoms with Crippen molar-refractivity contribution in [3.05, 3.63) is 35.4 Å². The first-order valence-electron chi connectivity index (χ1n) is 8.78. The molecule has 5 nitrogen and oxygen atoms in total. The Morgan fingerprint density at radius 1 is 1.25 bits per heavy atom. The van der Waals surface area contributed by atoms with E-state index in [-0.39, 0.29) is 17.9 Å². The molecular formula is C19H29N3O2. The lowest BCUT2D eigenvalue weighted by molar-refractivity contribution is -0.123. The zero-order valence-corrected chi connectivity index (χ0v) is 14.8. The maximum Gasteiger partial charge on any atom is 0.252 e. The van der Waals surface area contributed by atoms with Gasteiger partial charge in [0, 0.05) is 18.2 Å². The second-order valence-electron chi connectivity index (χ2n) is 7.22. The molecule has 0 radical (unpaired) electrons. The Morgan fingerprint density at radius 3 is 2.50 bits per heavy atom. The summed E-state index contributed by atoms with van der Waals surface area (Å²) in [7, 11) is 0. The number of benzene rings is 1. The Balaban J connectivity index is 1.97. The molecule has 1 saturated carbocycles. The minimum Gasteiger partial charge on any atom is -0.353 e. The van der Waals surface area contributed by atoms with Gasteiger partial charge in [-0.2, -0.15) is 0 Å². The Hall–Kier alpha value is -1.88. The molecule has 2 rings (SSSR count). The first-order valence-corrected chi connectivity index (χ1v) is 8.78. The van der Waals surface area contributed by atoms with Gasteiger partial charge in [0.2, 0.25) is 5.91 Å². The number of hydrogen-bond acceptors (Lipinski definition) is 3. The molecular weight excluding hydrogens is 302 g/mol. The number of nitrogens with two attached hydrogens (primary N) is 1. The second-order valence-corrected chi connectivity index (χ2v) is 7.22. The largest absolute Gasteiger partial charge is 0.353 e. The molecule has 0 saturated heterocycles. The molecule has 2 amide bonds. The van der Waals surface area contributed by atoms with Crippen LogP contribution in [0.4, 0.5) is 0 Å². The molecule has 0 heterocycles. The highest BCUT2D eigenvalue weighted by molar-refractivity contribution is 5.98. The number of hydrogen-bond donors (Lipinski definition) is 3. The molecule has 0 spiro atoms. The highest BCUT2D eigenvalue weighted by atomic mass is 16.2. The summed E-state index contributed by atoms with van der Waals surface area (Å²) in [4.78, 5) is 25.0. The van der Waals surface area contributed by atoms with E-state index in [9.17, 15) is 9.59 Å². The minimum absolute atomic E-state index is 0.0146. The van der Waals surface area contributed by atoms with Gasteiger partial charge >= 0.3 is 0 Å². The number of carbonyl (C=O) groups excluding carboxylic acids is 2. The molecule has 24 heavy (non-hydrogen) atoms. The van der Waals surface area contributed by atoms with E-state index >= 15 is 0 Å². The third kappa shape index (κ3) is 5.34. The van der Waals surface area contributed by atoms with Crippen molar-refractivity contribution in [3.8, 4) is 0 Å². The average Bonchev–Trinajstić information content (AvgIpc) is 3.36. The third-order valence-corrected chi connectivity index (χ3v) is 4.46. The Kier molecular flexibility index (Phi) is 6.37. The normalized spacial score (nSPS) is 16.5. The number of aryl methyl sites for hydroxylation is 1. The molecule has 4 N–H and O–H groups in total. The van der Waals surface area contributed by atoms with Gasteiger partial charge in [-0.15, -0.1) is 0 Å². The zero-order chi connectivity index (χ0) is 17.7. The fraction of sp³-hybridized carbons (Fsp3) is 0.579. The summed E-state index contributed by atoms with van der Waals surface area (Å²) in [5, 5.41) is 5.78. The van der Waals surface area contributed by atoms with Crippen LogP contribution >= 0.6 is 0 Å². The minimum atomic E-state index is -0.538. The number of amides is 2. The van der Waals surface area contributed by atoms with E-state index in [1.54, 1.807) is 6.07 Å². The van der Waals surface area contributed by atoms with Crippen molar-refractivity contribution >= 4 is 11.8 Å². The van der Waals surface area contributed by atoms with Crippen LogP contribution in [0.2, 0.25) is 0 Å². The Labute approximate surface area is 144 Å². The molecule has 1 aromatic carbocycles. The van der Waals surface area contributed by atoms with Crippen molar-refractivity contribution in [3.63, 3.8) is 0 Å². The van der Waals surface area contributed by atoms with E-state index in [0.29, 0.717) is 30.4 Å². The van der Waals surface area contributed by atoms with E-state index in [4.69, 9.17) is 5.73 Å². The summed E-state index contributed by atoms with van der Waals surface area (Å²) >= 11 is 0. The fourth-order valence-electron chi connectivity index (χ4n) is 2.80. The molecule has 1 aliphatic rings. The summed E-state index contributed by atoms with van der Waals surface area (Å²) in [5.74, 6) is 0.479. The number of carbonyl (C=O) groups is 2. The second kappa shape index (κ2) is 8.29. The maximum atomic E-state index is 12.5. The average molecular weight is 331 g/mol. The fourth-order valence-corrected chi connectivity index (χ4v) is 2.80. The van der Waals surface area contributed by atoms with Crippen LogP contribution in [-0.4, -0.2) is 30.4 Å². The van der Waals surface area contributed by atoms with Crippen molar-refractivity contribution < 1.29 is 9.59 Å². The lowest BCUT2D eigenvalue weighted by Crippen LogP contribution is -2.50. The van der Waals surface area contributed by atoms with Crippen molar-refractivity contribution in [1.82, 2.24) is 10.6 Å². The van der Waals surface area contributed by atoms with Crippen LogP contribution in [0.3, 0.4) is 0 Å². The number of nitrogens with one attached hydrogen (secondary N) is 2. The molecule has 5 heteroatoms. The van der Waals surface area contributed by atoms with Gasteiger partial charge in [-0.05, 0) is 49.7 Å². The molecule has 1 aliphatic carbocycles.